The number of primary amides is 2. The molecule has 11 N–H and O–H groups in total. The number of carbonyl (C=O) groups is 6. The number of amides is 5. The van der Waals surface area contributed by atoms with Crippen molar-refractivity contribution in [3.63, 3.8) is 0 Å². The van der Waals surface area contributed by atoms with Crippen molar-refractivity contribution in [2.45, 2.75) is 56.8 Å². The SMILES string of the molecule is CC(N)C(=O)NC(CO)C(=O)NC(CCC(N)=O)C(=O)NC(CCC(N)=O)C(=O)O. The number of carbonyl (C=O) groups excluding carboxylic acids is 5. The van der Waals surface area contributed by atoms with E-state index in [1.54, 1.807) is 0 Å². The third kappa shape index (κ3) is 10.3. The van der Waals surface area contributed by atoms with Gasteiger partial charge in [-0.2, -0.15) is 0 Å². The van der Waals surface area contributed by atoms with E-state index < -0.39 is 66.3 Å². The average Bonchev–Trinajstić information content (AvgIpc) is 2.64. The smallest absolute Gasteiger partial charge is 0.326 e. The molecule has 14 heteroatoms. The van der Waals surface area contributed by atoms with Gasteiger partial charge in [0.05, 0.1) is 12.6 Å². The van der Waals surface area contributed by atoms with Gasteiger partial charge in [0.1, 0.15) is 18.1 Å². The summed E-state index contributed by atoms with van der Waals surface area (Å²) in [5, 5.41) is 25.0. The first-order valence-corrected chi connectivity index (χ1v) is 8.96. The molecule has 0 aliphatic heterocycles. The molecule has 0 aliphatic carbocycles. The van der Waals surface area contributed by atoms with Gasteiger partial charge in [0.2, 0.25) is 29.5 Å². The molecule has 0 saturated carbocycles. The molecule has 0 saturated heterocycles. The predicted molar refractivity (Wildman–Crippen MR) is 101 cm³/mol. The molecule has 0 spiro atoms. The van der Waals surface area contributed by atoms with Crippen LogP contribution in [0.4, 0.5) is 0 Å². The zero-order chi connectivity index (χ0) is 23.4. The number of carboxylic acid groups (broad SMARTS) is 1. The van der Waals surface area contributed by atoms with E-state index in [1.807, 2.05) is 0 Å². The molecular weight excluding hydrogens is 404 g/mol. The molecule has 0 heterocycles. The summed E-state index contributed by atoms with van der Waals surface area (Å²) in [7, 11) is 0. The lowest BCUT2D eigenvalue weighted by Gasteiger charge is -2.24. The van der Waals surface area contributed by atoms with Crippen molar-refractivity contribution in [2.75, 3.05) is 6.61 Å². The molecule has 0 rings (SSSR count). The summed E-state index contributed by atoms with van der Waals surface area (Å²) < 4.78 is 0. The van der Waals surface area contributed by atoms with Gasteiger partial charge in [-0.05, 0) is 19.8 Å². The van der Waals surface area contributed by atoms with E-state index in [4.69, 9.17) is 17.2 Å². The largest absolute Gasteiger partial charge is 0.480 e. The molecule has 0 aromatic heterocycles. The van der Waals surface area contributed by atoms with Crippen LogP contribution in [0.1, 0.15) is 32.6 Å². The standard InChI is InChI=1S/C16H28N6O8/c1-7(17)13(26)22-10(6-23)15(28)20-8(2-4-11(18)24)14(27)21-9(16(29)30)3-5-12(19)25/h7-10,23H,2-6,17H2,1H3,(H2,18,24)(H2,19,25)(H,20,28)(H,21,27)(H,22,26)(H,29,30). The fraction of sp³-hybridized carbons (Fsp3) is 0.625. The molecule has 5 amide bonds. The van der Waals surface area contributed by atoms with E-state index in [1.165, 1.54) is 6.92 Å². The van der Waals surface area contributed by atoms with E-state index in [0.717, 1.165) is 0 Å². The Labute approximate surface area is 171 Å². The summed E-state index contributed by atoms with van der Waals surface area (Å²) in [6.07, 6.45) is -1.22. The van der Waals surface area contributed by atoms with Gasteiger partial charge in [-0.25, -0.2) is 4.79 Å². The molecule has 0 aromatic carbocycles. The van der Waals surface area contributed by atoms with Crippen LogP contribution in [0.2, 0.25) is 0 Å². The molecule has 30 heavy (non-hydrogen) atoms. The van der Waals surface area contributed by atoms with Crippen LogP contribution in [0.25, 0.3) is 0 Å². The Kier molecular flexibility index (Phi) is 11.6. The second-order valence-electron chi connectivity index (χ2n) is 6.50. The zero-order valence-corrected chi connectivity index (χ0v) is 16.4. The number of aliphatic hydroxyl groups excluding tert-OH is 1. The number of aliphatic carboxylic acids is 1. The van der Waals surface area contributed by atoms with Crippen LogP contribution in [-0.4, -0.2) is 76.5 Å². The van der Waals surface area contributed by atoms with Crippen molar-refractivity contribution >= 4 is 35.5 Å². The molecule has 0 aromatic rings. The lowest BCUT2D eigenvalue weighted by atomic mass is 10.1. The fourth-order valence-electron chi connectivity index (χ4n) is 2.14. The van der Waals surface area contributed by atoms with Crippen LogP contribution in [0.3, 0.4) is 0 Å². The number of hydrogen-bond donors (Lipinski definition) is 8. The zero-order valence-electron chi connectivity index (χ0n) is 16.4. The van der Waals surface area contributed by atoms with Gasteiger partial charge in [-0.1, -0.05) is 0 Å². The van der Waals surface area contributed by atoms with E-state index in [-0.39, 0.29) is 25.7 Å². The van der Waals surface area contributed by atoms with Crippen LogP contribution in [0, 0.1) is 0 Å². The van der Waals surface area contributed by atoms with Crippen LogP contribution >= 0.6 is 0 Å². The second kappa shape index (κ2) is 13.1. The quantitative estimate of drug-likeness (QED) is 0.131. The summed E-state index contributed by atoms with van der Waals surface area (Å²) in [6, 6.07) is -5.31. The maximum atomic E-state index is 12.5. The fourth-order valence-corrected chi connectivity index (χ4v) is 2.14. The average molecular weight is 432 g/mol. The van der Waals surface area contributed by atoms with Gasteiger partial charge in [-0.3, -0.25) is 24.0 Å². The Bertz CT molecular complexity index is 668. The Morgan fingerprint density at radius 2 is 1.17 bits per heavy atom. The van der Waals surface area contributed by atoms with Crippen LogP contribution in [0.15, 0.2) is 0 Å². The topological polar surface area (TPSA) is 257 Å². The van der Waals surface area contributed by atoms with Crippen molar-refractivity contribution in [1.82, 2.24) is 16.0 Å². The highest BCUT2D eigenvalue weighted by molar-refractivity contribution is 5.94. The van der Waals surface area contributed by atoms with Gasteiger partial charge < -0.3 is 43.4 Å². The minimum atomic E-state index is -1.48. The van der Waals surface area contributed by atoms with E-state index >= 15 is 0 Å². The third-order valence-corrected chi connectivity index (χ3v) is 3.84. The summed E-state index contributed by atoms with van der Waals surface area (Å²) in [5.41, 5.74) is 15.4. The number of nitrogens with one attached hydrogen (secondary N) is 3. The van der Waals surface area contributed by atoms with Crippen molar-refractivity contribution < 1.29 is 39.0 Å². The maximum Gasteiger partial charge on any atom is 0.326 e. The van der Waals surface area contributed by atoms with Crippen molar-refractivity contribution in [2.24, 2.45) is 17.2 Å². The van der Waals surface area contributed by atoms with Crippen molar-refractivity contribution in [3.8, 4) is 0 Å². The van der Waals surface area contributed by atoms with Gasteiger partial charge in [0.25, 0.3) is 0 Å². The Morgan fingerprint density at radius 3 is 1.57 bits per heavy atom. The predicted octanol–water partition coefficient (Wildman–Crippen LogP) is -4.60. The Morgan fingerprint density at radius 1 is 0.767 bits per heavy atom. The monoisotopic (exact) mass is 432 g/mol. The van der Waals surface area contributed by atoms with Gasteiger partial charge in [-0.15, -0.1) is 0 Å². The maximum absolute atomic E-state index is 12.5. The normalized spacial score (nSPS) is 14.5. The lowest BCUT2D eigenvalue weighted by Crippen LogP contribution is -2.58. The summed E-state index contributed by atoms with van der Waals surface area (Å²) in [6.45, 7) is 0.535. The molecular formula is C16H28N6O8. The van der Waals surface area contributed by atoms with Crippen molar-refractivity contribution in [1.29, 1.82) is 0 Å². The molecule has 4 atom stereocenters. The number of aliphatic hydroxyl groups is 1. The van der Waals surface area contributed by atoms with E-state index in [0.29, 0.717) is 0 Å². The number of nitrogens with two attached hydrogens (primary N) is 3. The molecule has 4 unspecified atom stereocenters. The Balaban J connectivity index is 5.30. The molecule has 0 bridgehead atoms. The minimum Gasteiger partial charge on any atom is -0.480 e. The second-order valence-corrected chi connectivity index (χ2v) is 6.50. The van der Waals surface area contributed by atoms with Gasteiger partial charge in [0, 0.05) is 12.8 Å². The molecule has 170 valence electrons. The third-order valence-electron chi connectivity index (χ3n) is 3.84. The number of rotatable bonds is 14. The van der Waals surface area contributed by atoms with Gasteiger partial charge >= 0.3 is 5.97 Å². The molecule has 0 radical (unpaired) electrons. The van der Waals surface area contributed by atoms with Gasteiger partial charge in [0.15, 0.2) is 0 Å². The first-order valence-electron chi connectivity index (χ1n) is 8.96. The highest BCUT2D eigenvalue weighted by Gasteiger charge is 2.30. The highest BCUT2D eigenvalue weighted by Crippen LogP contribution is 2.03. The summed E-state index contributed by atoms with van der Waals surface area (Å²) in [4.78, 5) is 69.6. The molecule has 14 nitrogen and oxygen atoms in total. The lowest BCUT2D eigenvalue weighted by molar-refractivity contribution is -0.142. The summed E-state index contributed by atoms with van der Waals surface area (Å²) >= 11 is 0. The van der Waals surface area contributed by atoms with Crippen LogP contribution in [-0.2, 0) is 28.8 Å². The number of hydrogen-bond acceptors (Lipinski definition) is 8. The van der Waals surface area contributed by atoms with E-state index in [9.17, 15) is 39.0 Å². The molecule has 0 aliphatic rings. The van der Waals surface area contributed by atoms with Crippen LogP contribution < -0.4 is 33.2 Å². The highest BCUT2D eigenvalue weighted by atomic mass is 16.4. The Hall–Kier alpha value is -3.26. The van der Waals surface area contributed by atoms with E-state index in [2.05, 4.69) is 16.0 Å². The molecule has 0 fully saturated rings. The summed E-state index contributed by atoms with van der Waals surface area (Å²) in [5.74, 6) is -5.68. The first-order chi connectivity index (χ1) is 13.9. The first kappa shape index (κ1) is 26.7. The van der Waals surface area contributed by atoms with Crippen molar-refractivity contribution in [3.05, 3.63) is 0 Å². The minimum absolute atomic E-state index is 0.283. The van der Waals surface area contributed by atoms with Crippen LogP contribution in [0.5, 0.6) is 0 Å². The number of carboxylic acids is 1.